The molecule has 21 heavy (non-hydrogen) atoms. The summed E-state index contributed by atoms with van der Waals surface area (Å²) in [6.45, 7) is 1.17. The van der Waals surface area contributed by atoms with Gasteiger partial charge in [0.1, 0.15) is 17.2 Å². The maximum Gasteiger partial charge on any atom is 0.130 e. The molecule has 1 aliphatic carbocycles. The second-order valence-electron chi connectivity index (χ2n) is 5.55. The summed E-state index contributed by atoms with van der Waals surface area (Å²) >= 11 is 0. The minimum Gasteiger partial charge on any atom is -0.496 e. The van der Waals surface area contributed by atoms with Gasteiger partial charge in [0, 0.05) is 25.2 Å². The highest BCUT2D eigenvalue weighted by Gasteiger charge is 2.30. The number of rotatable bonds is 7. The third kappa shape index (κ3) is 3.80. The molecule has 0 aliphatic heterocycles. The van der Waals surface area contributed by atoms with Gasteiger partial charge in [0.15, 0.2) is 0 Å². The van der Waals surface area contributed by atoms with Gasteiger partial charge in [0.25, 0.3) is 0 Å². The summed E-state index contributed by atoms with van der Waals surface area (Å²) < 4.78 is 16.1. The highest BCUT2D eigenvalue weighted by atomic mass is 16.5. The van der Waals surface area contributed by atoms with E-state index in [-0.39, 0.29) is 0 Å². The molecule has 118 valence electrons. The molecule has 1 saturated carbocycles. The predicted octanol–water partition coefficient (Wildman–Crippen LogP) is 2.11. The highest BCUT2D eigenvalue weighted by Crippen LogP contribution is 2.34. The van der Waals surface area contributed by atoms with Crippen LogP contribution in [0.25, 0.3) is 0 Å². The summed E-state index contributed by atoms with van der Waals surface area (Å²) in [7, 11) is 4.87. The van der Waals surface area contributed by atoms with Crippen LogP contribution in [0, 0.1) is 0 Å². The van der Waals surface area contributed by atoms with E-state index < -0.39 is 5.60 Å². The van der Waals surface area contributed by atoms with Gasteiger partial charge in [-0.25, -0.2) is 0 Å². The summed E-state index contributed by atoms with van der Waals surface area (Å²) in [5, 5.41) is 13.7. The van der Waals surface area contributed by atoms with Crippen molar-refractivity contribution in [1.82, 2.24) is 5.32 Å². The van der Waals surface area contributed by atoms with Crippen LogP contribution in [-0.2, 0) is 6.54 Å². The molecule has 1 aromatic carbocycles. The first kappa shape index (κ1) is 15.9. The standard InChI is InChI=1S/C16H25NO4/c1-19-12-8-14(20-2)13(15(9-12)21-3)10-17-11-16(18)6-4-5-7-16/h8-9,17-18H,4-7,10-11H2,1-3H3. The smallest absolute Gasteiger partial charge is 0.130 e. The number of benzene rings is 1. The third-order valence-electron chi connectivity index (χ3n) is 4.11. The quantitative estimate of drug-likeness (QED) is 0.807. The van der Waals surface area contributed by atoms with Gasteiger partial charge in [-0.05, 0) is 12.8 Å². The largest absolute Gasteiger partial charge is 0.496 e. The molecule has 0 saturated heterocycles. The Morgan fingerprint density at radius 3 is 2.10 bits per heavy atom. The summed E-state index contributed by atoms with van der Waals surface area (Å²) in [4.78, 5) is 0. The van der Waals surface area contributed by atoms with Gasteiger partial charge in [-0.1, -0.05) is 12.8 Å². The van der Waals surface area contributed by atoms with E-state index in [0.717, 1.165) is 42.7 Å². The van der Waals surface area contributed by atoms with Crippen molar-refractivity contribution in [3.63, 3.8) is 0 Å². The van der Waals surface area contributed by atoms with Crippen molar-refractivity contribution >= 4 is 0 Å². The molecule has 0 spiro atoms. The molecule has 1 fully saturated rings. The molecule has 5 heteroatoms. The van der Waals surface area contributed by atoms with Crippen molar-refractivity contribution in [3.05, 3.63) is 17.7 Å². The van der Waals surface area contributed by atoms with Gasteiger partial charge in [0.2, 0.25) is 0 Å². The van der Waals surface area contributed by atoms with Gasteiger partial charge in [-0.2, -0.15) is 0 Å². The van der Waals surface area contributed by atoms with Gasteiger partial charge < -0.3 is 24.6 Å². The lowest BCUT2D eigenvalue weighted by molar-refractivity contribution is 0.0473. The Hall–Kier alpha value is -1.46. The molecule has 2 rings (SSSR count). The van der Waals surface area contributed by atoms with Crippen LogP contribution in [0.2, 0.25) is 0 Å². The van der Waals surface area contributed by atoms with Crippen LogP contribution in [0.15, 0.2) is 12.1 Å². The van der Waals surface area contributed by atoms with Crippen LogP contribution in [0.4, 0.5) is 0 Å². The predicted molar refractivity (Wildman–Crippen MR) is 81.2 cm³/mol. The zero-order valence-corrected chi connectivity index (χ0v) is 13.1. The number of hydrogen-bond donors (Lipinski definition) is 2. The topological polar surface area (TPSA) is 60.0 Å². The Kier molecular flexibility index (Phi) is 5.31. The molecule has 0 aromatic heterocycles. The van der Waals surface area contributed by atoms with Crippen molar-refractivity contribution in [3.8, 4) is 17.2 Å². The summed E-state index contributed by atoms with van der Waals surface area (Å²) in [6, 6.07) is 3.67. The van der Waals surface area contributed by atoms with Crippen molar-refractivity contribution in [2.24, 2.45) is 0 Å². The Morgan fingerprint density at radius 1 is 1.05 bits per heavy atom. The first-order chi connectivity index (χ1) is 10.1. The number of methoxy groups -OCH3 is 3. The van der Waals surface area contributed by atoms with Crippen LogP contribution in [0.1, 0.15) is 31.2 Å². The van der Waals surface area contributed by atoms with Gasteiger partial charge >= 0.3 is 0 Å². The van der Waals surface area contributed by atoms with Crippen molar-refractivity contribution in [2.75, 3.05) is 27.9 Å². The number of hydrogen-bond acceptors (Lipinski definition) is 5. The Labute approximate surface area is 126 Å². The lowest BCUT2D eigenvalue weighted by Crippen LogP contribution is -2.37. The van der Waals surface area contributed by atoms with E-state index in [9.17, 15) is 5.11 Å². The summed E-state index contributed by atoms with van der Waals surface area (Å²) in [5.41, 5.74) is 0.370. The minimum absolute atomic E-state index is 0.563. The number of nitrogens with one attached hydrogen (secondary N) is 1. The fraction of sp³-hybridized carbons (Fsp3) is 0.625. The SMILES string of the molecule is COc1cc(OC)c(CNCC2(O)CCCC2)c(OC)c1. The first-order valence-electron chi connectivity index (χ1n) is 7.34. The molecule has 2 N–H and O–H groups in total. The van der Waals surface area contributed by atoms with Crippen LogP contribution in [-0.4, -0.2) is 38.6 Å². The van der Waals surface area contributed by atoms with Gasteiger partial charge in [-0.15, -0.1) is 0 Å². The molecule has 0 atom stereocenters. The van der Waals surface area contributed by atoms with E-state index in [0.29, 0.717) is 18.8 Å². The van der Waals surface area contributed by atoms with Crippen LogP contribution >= 0.6 is 0 Å². The lowest BCUT2D eigenvalue weighted by atomic mass is 10.0. The lowest BCUT2D eigenvalue weighted by Gasteiger charge is -2.23. The van der Waals surface area contributed by atoms with Crippen molar-refractivity contribution in [1.29, 1.82) is 0 Å². The molecule has 1 aliphatic rings. The van der Waals surface area contributed by atoms with Crippen LogP contribution < -0.4 is 19.5 Å². The maximum absolute atomic E-state index is 10.4. The van der Waals surface area contributed by atoms with Crippen molar-refractivity contribution in [2.45, 2.75) is 37.8 Å². The summed E-state index contributed by atoms with van der Waals surface area (Å²) in [6.07, 6.45) is 3.95. The Morgan fingerprint density at radius 2 is 1.62 bits per heavy atom. The Bertz CT molecular complexity index is 444. The monoisotopic (exact) mass is 295 g/mol. The molecule has 0 bridgehead atoms. The molecule has 5 nitrogen and oxygen atoms in total. The van der Waals surface area contributed by atoms with Crippen LogP contribution in [0.3, 0.4) is 0 Å². The molecule has 0 unspecified atom stereocenters. The fourth-order valence-corrected chi connectivity index (χ4v) is 2.88. The third-order valence-corrected chi connectivity index (χ3v) is 4.11. The zero-order chi connectivity index (χ0) is 15.3. The second kappa shape index (κ2) is 7.00. The molecule has 0 amide bonds. The molecule has 0 heterocycles. The van der Waals surface area contributed by atoms with Crippen molar-refractivity contribution < 1.29 is 19.3 Å². The summed E-state index contributed by atoms with van der Waals surface area (Å²) in [5.74, 6) is 2.14. The molecule has 1 aromatic rings. The molecular formula is C16H25NO4. The van der Waals surface area contributed by atoms with E-state index in [2.05, 4.69) is 5.32 Å². The number of ether oxygens (including phenoxy) is 3. The zero-order valence-electron chi connectivity index (χ0n) is 13.1. The molecule has 0 radical (unpaired) electrons. The second-order valence-corrected chi connectivity index (χ2v) is 5.55. The average molecular weight is 295 g/mol. The van der Waals surface area contributed by atoms with E-state index in [1.165, 1.54) is 0 Å². The fourth-order valence-electron chi connectivity index (χ4n) is 2.88. The van der Waals surface area contributed by atoms with E-state index >= 15 is 0 Å². The van der Waals surface area contributed by atoms with Gasteiger partial charge in [0.05, 0.1) is 32.5 Å². The van der Waals surface area contributed by atoms with Gasteiger partial charge in [-0.3, -0.25) is 0 Å². The minimum atomic E-state index is -0.563. The number of aliphatic hydroxyl groups is 1. The maximum atomic E-state index is 10.4. The highest BCUT2D eigenvalue weighted by molar-refractivity contribution is 5.50. The van der Waals surface area contributed by atoms with Crippen LogP contribution in [0.5, 0.6) is 17.2 Å². The molecular weight excluding hydrogens is 270 g/mol. The normalized spacial score (nSPS) is 16.8. The van der Waals surface area contributed by atoms with E-state index in [1.54, 1.807) is 21.3 Å². The first-order valence-corrected chi connectivity index (χ1v) is 7.34. The van der Waals surface area contributed by atoms with E-state index in [1.807, 2.05) is 12.1 Å². The average Bonchev–Trinajstić information content (AvgIpc) is 2.93. The van der Waals surface area contributed by atoms with E-state index in [4.69, 9.17) is 14.2 Å². The Balaban J connectivity index is 2.07.